The van der Waals surface area contributed by atoms with Crippen LogP contribution in [0, 0.1) is 0 Å². The Morgan fingerprint density at radius 3 is 1.17 bits per heavy atom. The van der Waals surface area contributed by atoms with Gasteiger partial charge in [-0.25, -0.2) is 0 Å². The summed E-state index contributed by atoms with van der Waals surface area (Å²) in [7, 11) is 9.19. The lowest BCUT2D eigenvalue weighted by Gasteiger charge is -2.18. The van der Waals surface area contributed by atoms with Crippen LogP contribution in [0.25, 0.3) is 0 Å². The SMILES string of the molecule is COc1ccccc1C(P)c1ccccc1OC.COc1ccccc1P(C)c1ccccc1OC. The molecule has 0 amide bonds. The van der Waals surface area contributed by atoms with Crippen molar-refractivity contribution >= 4 is 27.8 Å². The fourth-order valence-corrected chi connectivity index (χ4v) is 6.38. The molecule has 0 bridgehead atoms. The predicted octanol–water partition coefficient (Wildman–Crippen LogP) is 6.43. The summed E-state index contributed by atoms with van der Waals surface area (Å²) in [6.07, 6.45) is 0. The van der Waals surface area contributed by atoms with E-state index in [-0.39, 0.29) is 5.66 Å². The Kier molecular flexibility index (Phi) is 10.6. The quantitative estimate of drug-likeness (QED) is 0.251. The van der Waals surface area contributed by atoms with Gasteiger partial charge in [0.2, 0.25) is 0 Å². The summed E-state index contributed by atoms with van der Waals surface area (Å²) >= 11 is 0. The lowest BCUT2D eigenvalue weighted by Crippen LogP contribution is -2.14. The van der Waals surface area contributed by atoms with Crippen molar-refractivity contribution in [1.29, 1.82) is 0 Å². The molecule has 0 saturated heterocycles. The van der Waals surface area contributed by atoms with E-state index in [0.29, 0.717) is 0 Å². The Morgan fingerprint density at radius 2 is 0.806 bits per heavy atom. The molecule has 188 valence electrons. The van der Waals surface area contributed by atoms with Gasteiger partial charge in [0, 0.05) is 27.4 Å². The minimum atomic E-state index is -0.474. The molecule has 0 fully saturated rings. The van der Waals surface area contributed by atoms with Gasteiger partial charge in [-0.2, -0.15) is 0 Å². The lowest BCUT2D eigenvalue weighted by molar-refractivity contribution is 0.405. The van der Waals surface area contributed by atoms with Crippen LogP contribution in [0.2, 0.25) is 0 Å². The zero-order valence-corrected chi connectivity index (χ0v) is 23.5. The Bertz CT molecular complexity index is 1050. The van der Waals surface area contributed by atoms with Crippen molar-refractivity contribution in [3.05, 3.63) is 108 Å². The third-order valence-corrected chi connectivity index (χ3v) is 8.74. The van der Waals surface area contributed by atoms with Crippen molar-refractivity contribution in [2.24, 2.45) is 0 Å². The van der Waals surface area contributed by atoms with Gasteiger partial charge in [0.05, 0.1) is 28.4 Å². The number of hydrogen-bond donors (Lipinski definition) is 0. The number of para-hydroxylation sites is 4. The second-order valence-corrected chi connectivity index (χ2v) is 10.6. The first-order chi connectivity index (χ1) is 17.5. The first kappa shape index (κ1) is 27.5. The average Bonchev–Trinajstić information content (AvgIpc) is 2.96. The molecule has 4 aromatic rings. The molecule has 0 spiro atoms. The Morgan fingerprint density at radius 1 is 0.500 bits per heavy atom. The van der Waals surface area contributed by atoms with Crippen LogP contribution in [0.15, 0.2) is 97.1 Å². The van der Waals surface area contributed by atoms with Gasteiger partial charge >= 0.3 is 0 Å². The second-order valence-electron chi connectivity index (χ2n) is 7.86. The van der Waals surface area contributed by atoms with Crippen LogP contribution in [-0.2, 0) is 0 Å². The first-order valence-corrected chi connectivity index (χ1v) is 14.0. The van der Waals surface area contributed by atoms with Gasteiger partial charge in [-0.3, -0.25) is 0 Å². The molecule has 0 aliphatic carbocycles. The third kappa shape index (κ3) is 6.58. The van der Waals surface area contributed by atoms with Gasteiger partial charge in [-0.05, 0) is 38.9 Å². The van der Waals surface area contributed by atoms with E-state index in [0.717, 1.165) is 34.1 Å². The molecule has 0 radical (unpaired) electrons. The molecular weight excluding hydrogens is 486 g/mol. The van der Waals surface area contributed by atoms with E-state index < -0.39 is 7.92 Å². The van der Waals surface area contributed by atoms with E-state index in [1.54, 1.807) is 28.4 Å². The molecule has 0 aliphatic heterocycles. The van der Waals surface area contributed by atoms with Crippen LogP contribution in [0.5, 0.6) is 23.0 Å². The van der Waals surface area contributed by atoms with E-state index in [2.05, 4.69) is 40.2 Å². The minimum absolute atomic E-state index is 0.150. The van der Waals surface area contributed by atoms with Crippen molar-refractivity contribution in [1.82, 2.24) is 0 Å². The van der Waals surface area contributed by atoms with Gasteiger partial charge < -0.3 is 18.9 Å². The van der Waals surface area contributed by atoms with Gasteiger partial charge in [-0.1, -0.05) is 72.8 Å². The largest absolute Gasteiger partial charge is 0.496 e. The van der Waals surface area contributed by atoms with Crippen molar-refractivity contribution < 1.29 is 18.9 Å². The second kappa shape index (κ2) is 13.9. The molecule has 0 aromatic heterocycles. The van der Waals surface area contributed by atoms with Crippen molar-refractivity contribution in [2.45, 2.75) is 5.66 Å². The smallest absolute Gasteiger partial charge is 0.126 e. The summed E-state index contributed by atoms with van der Waals surface area (Å²) in [5.74, 6) is 3.67. The standard InChI is InChI=1S/2C15H17O2P/c1-16-12-8-4-6-10-14(12)18(3)15-11-7-5-9-13(15)17-2;1-16-13-9-5-3-7-11(13)15(18)12-8-4-6-10-14(12)17-2/h4-11H,1-3H3;3-10,15H,18H2,1-2H3. The van der Waals surface area contributed by atoms with Crippen LogP contribution < -0.4 is 29.6 Å². The third-order valence-electron chi connectivity index (χ3n) is 5.84. The zero-order valence-electron chi connectivity index (χ0n) is 21.5. The van der Waals surface area contributed by atoms with Crippen LogP contribution >= 0.6 is 17.2 Å². The van der Waals surface area contributed by atoms with Crippen LogP contribution in [0.3, 0.4) is 0 Å². The summed E-state index contributed by atoms with van der Waals surface area (Å²) < 4.78 is 21.7. The molecule has 0 heterocycles. The zero-order chi connectivity index (χ0) is 25.9. The molecule has 1 unspecified atom stereocenters. The Labute approximate surface area is 218 Å². The number of hydrogen-bond acceptors (Lipinski definition) is 4. The fourth-order valence-electron chi connectivity index (χ4n) is 3.96. The molecular formula is C30H34O4P2. The summed E-state index contributed by atoms with van der Waals surface area (Å²) in [4.78, 5) is 0. The maximum absolute atomic E-state index is 5.44. The van der Waals surface area contributed by atoms with Gasteiger partial charge in [-0.15, -0.1) is 9.24 Å². The summed E-state index contributed by atoms with van der Waals surface area (Å²) in [5.41, 5.74) is 2.42. The Balaban J connectivity index is 0.000000201. The monoisotopic (exact) mass is 520 g/mol. The maximum atomic E-state index is 5.44. The first-order valence-electron chi connectivity index (χ1n) is 11.6. The highest BCUT2D eigenvalue weighted by Crippen LogP contribution is 2.40. The minimum Gasteiger partial charge on any atom is -0.496 e. The van der Waals surface area contributed by atoms with Crippen molar-refractivity contribution in [2.75, 3.05) is 35.1 Å². The highest BCUT2D eigenvalue weighted by atomic mass is 31.1. The van der Waals surface area contributed by atoms with E-state index in [9.17, 15) is 0 Å². The summed E-state index contributed by atoms with van der Waals surface area (Å²) in [6, 6.07) is 32.4. The summed E-state index contributed by atoms with van der Waals surface area (Å²) in [5, 5.41) is 2.47. The topological polar surface area (TPSA) is 36.9 Å². The highest BCUT2D eigenvalue weighted by molar-refractivity contribution is 7.72. The van der Waals surface area contributed by atoms with Crippen LogP contribution in [-0.4, -0.2) is 35.1 Å². The van der Waals surface area contributed by atoms with Crippen LogP contribution in [0.1, 0.15) is 16.8 Å². The van der Waals surface area contributed by atoms with Gasteiger partial charge in [0.1, 0.15) is 23.0 Å². The molecule has 6 heteroatoms. The van der Waals surface area contributed by atoms with Crippen LogP contribution in [0.4, 0.5) is 0 Å². The lowest BCUT2D eigenvalue weighted by atomic mass is 10.0. The number of rotatable bonds is 8. The van der Waals surface area contributed by atoms with E-state index in [4.69, 9.17) is 18.9 Å². The van der Waals surface area contributed by atoms with Crippen molar-refractivity contribution in [3.63, 3.8) is 0 Å². The molecule has 36 heavy (non-hydrogen) atoms. The number of methoxy groups -OCH3 is 4. The predicted molar refractivity (Wildman–Crippen MR) is 156 cm³/mol. The number of ether oxygens (including phenoxy) is 4. The molecule has 0 aliphatic rings. The maximum Gasteiger partial charge on any atom is 0.126 e. The van der Waals surface area contributed by atoms with Gasteiger partial charge in [0.25, 0.3) is 0 Å². The molecule has 4 nitrogen and oxygen atoms in total. The average molecular weight is 521 g/mol. The van der Waals surface area contributed by atoms with Gasteiger partial charge in [0.15, 0.2) is 0 Å². The summed E-state index contributed by atoms with van der Waals surface area (Å²) in [6.45, 7) is 2.23. The normalized spacial score (nSPS) is 10.4. The van der Waals surface area contributed by atoms with Crippen molar-refractivity contribution in [3.8, 4) is 23.0 Å². The fraction of sp³-hybridized carbons (Fsp3) is 0.200. The van der Waals surface area contributed by atoms with E-state index >= 15 is 0 Å². The van der Waals surface area contributed by atoms with E-state index in [1.807, 2.05) is 72.8 Å². The highest BCUT2D eigenvalue weighted by Gasteiger charge is 2.17. The number of benzene rings is 4. The van der Waals surface area contributed by atoms with E-state index in [1.165, 1.54) is 10.6 Å². The molecule has 0 saturated carbocycles. The molecule has 0 N–H and O–H groups in total. The molecule has 1 atom stereocenters. The molecule has 4 aromatic carbocycles. The molecule has 4 rings (SSSR count). The Hall–Kier alpha value is -3.06.